The van der Waals surface area contributed by atoms with Gasteiger partial charge >= 0.3 is 5.97 Å². The first-order valence-electron chi connectivity index (χ1n) is 14.9. The number of hydrogen-bond acceptors (Lipinski definition) is 6. The molecule has 5 atom stereocenters. The third-order valence-corrected chi connectivity index (χ3v) is 10.0. The Hall–Kier alpha value is -4.10. The molecule has 7 nitrogen and oxygen atoms in total. The zero-order chi connectivity index (χ0) is 29.0. The summed E-state index contributed by atoms with van der Waals surface area (Å²) in [6, 6.07) is 20.3. The summed E-state index contributed by atoms with van der Waals surface area (Å²) in [6.07, 6.45) is 8.10. The predicted octanol–water partition coefficient (Wildman–Crippen LogP) is 5.49. The monoisotopic (exact) mass is 561 g/mol. The van der Waals surface area contributed by atoms with Crippen LogP contribution >= 0.6 is 0 Å². The third kappa shape index (κ3) is 4.56. The fraction of sp³-hybridized carbons (Fsp3) is 0.371. The topological polar surface area (TPSA) is 104 Å². The number of methoxy groups -OCH3 is 1. The van der Waals surface area contributed by atoms with Gasteiger partial charge in [-0.15, -0.1) is 0 Å². The van der Waals surface area contributed by atoms with Crippen molar-refractivity contribution < 1.29 is 14.3 Å². The molecule has 8 rings (SSSR count). The number of benzene rings is 2. The fourth-order valence-corrected chi connectivity index (χ4v) is 8.44. The van der Waals surface area contributed by atoms with Gasteiger partial charge in [0.05, 0.1) is 12.5 Å². The zero-order valence-corrected chi connectivity index (χ0v) is 23.8. The molecular formula is C35H35N3O4. The van der Waals surface area contributed by atoms with Crippen molar-refractivity contribution >= 4 is 22.8 Å². The van der Waals surface area contributed by atoms with Crippen LogP contribution in [0.3, 0.4) is 0 Å². The van der Waals surface area contributed by atoms with Crippen LogP contribution in [0.4, 0.5) is 0 Å². The lowest BCUT2D eigenvalue weighted by molar-refractivity contribution is -0.0512. The van der Waals surface area contributed by atoms with Crippen molar-refractivity contribution in [2.24, 2.45) is 29.4 Å². The molecule has 0 amide bonds. The SMILES string of the molecule is COC(=O)c1c(Cc2ccc(C(=O)CC3[C@@H]4CC5C[C@H]3CC(N)(C5)C4)cc2)c(=O)c2cccnc2n1-c1ccccc1. The van der Waals surface area contributed by atoms with Crippen LogP contribution in [0.25, 0.3) is 16.7 Å². The molecule has 42 heavy (non-hydrogen) atoms. The second-order valence-electron chi connectivity index (χ2n) is 12.7. The van der Waals surface area contributed by atoms with Crippen molar-refractivity contribution in [3.8, 4) is 5.69 Å². The summed E-state index contributed by atoms with van der Waals surface area (Å²) < 4.78 is 6.87. The highest BCUT2D eigenvalue weighted by molar-refractivity contribution is 5.96. The number of Topliss-reactive ketones (excluding diaryl/α,β-unsaturated/α-hetero) is 1. The number of rotatable bonds is 7. The van der Waals surface area contributed by atoms with Crippen LogP contribution in [0.15, 0.2) is 77.7 Å². The van der Waals surface area contributed by atoms with E-state index in [-0.39, 0.29) is 28.9 Å². The Morgan fingerprint density at radius 1 is 0.976 bits per heavy atom. The minimum atomic E-state index is -0.611. The van der Waals surface area contributed by atoms with E-state index in [9.17, 15) is 14.4 Å². The van der Waals surface area contributed by atoms with Gasteiger partial charge in [0.1, 0.15) is 11.3 Å². The van der Waals surface area contributed by atoms with Crippen LogP contribution in [0.5, 0.6) is 0 Å². The van der Waals surface area contributed by atoms with E-state index >= 15 is 0 Å². The highest BCUT2D eigenvalue weighted by atomic mass is 16.5. The number of fused-ring (bicyclic) bond motifs is 1. The largest absolute Gasteiger partial charge is 0.464 e. The average molecular weight is 562 g/mol. The summed E-state index contributed by atoms with van der Waals surface area (Å²) in [6.45, 7) is 0. The van der Waals surface area contributed by atoms with Gasteiger partial charge in [-0.1, -0.05) is 42.5 Å². The first-order chi connectivity index (χ1) is 20.3. The first-order valence-corrected chi connectivity index (χ1v) is 14.9. The normalized spacial score (nSPS) is 26.0. The molecule has 7 heteroatoms. The number of nitrogens with zero attached hydrogens (tertiary/aromatic N) is 2. The van der Waals surface area contributed by atoms with Crippen molar-refractivity contribution in [3.05, 3.63) is 106 Å². The van der Waals surface area contributed by atoms with Gasteiger partial charge in [0.2, 0.25) is 0 Å². The average Bonchev–Trinajstić information content (AvgIpc) is 2.99. The summed E-state index contributed by atoms with van der Waals surface area (Å²) in [5.74, 6) is 1.86. The molecule has 214 valence electrons. The van der Waals surface area contributed by atoms with Gasteiger partial charge in [0.15, 0.2) is 11.2 Å². The molecule has 3 unspecified atom stereocenters. The molecule has 2 heterocycles. The number of carbonyl (C=O) groups excluding carboxylic acids is 2. The first kappa shape index (κ1) is 26.8. The van der Waals surface area contributed by atoms with Crippen LogP contribution in [-0.2, 0) is 11.2 Å². The van der Waals surface area contributed by atoms with Crippen molar-refractivity contribution in [1.29, 1.82) is 0 Å². The third-order valence-electron chi connectivity index (χ3n) is 10.0. The van der Waals surface area contributed by atoms with E-state index in [4.69, 9.17) is 10.5 Å². The molecule has 4 aliphatic carbocycles. The Morgan fingerprint density at radius 2 is 1.69 bits per heavy atom. The number of carbonyl (C=O) groups is 2. The van der Waals surface area contributed by atoms with E-state index in [1.165, 1.54) is 20.0 Å². The minimum absolute atomic E-state index is 0.00134. The van der Waals surface area contributed by atoms with E-state index in [1.807, 2.05) is 54.6 Å². The van der Waals surface area contributed by atoms with Crippen LogP contribution in [0.2, 0.25) is 0 Å². The van der Waals surface area contributed by atoms with Gasteiger partial charge < -0.3 is 10.5 Å². The van der Waals surface area contributed by atoms with Gasteiger partial charge in [-0.05, 0) is 85.6 Å². The van der Waals surface area contributed by atoms with Gasteiger partial charge in [-0.25, -0.2) is 9.78 Å². The summed E-state index contributed by atoms with van der Waals surface area (Å²) in [7, 11) is 1.31. The Kier molecular flexibility index (Phi) is 6.58. The van der Waals surface area contributed by atoms with E-state index in [0.29, 0.717) is 52.0 Å². The van der Waals surface area contributed by atoms with Crippen molar-refractivity contribution in [2.75, 3.05) is 7.11 Å². The molecule has 4 fully saturated rings. The lowest BCUT2D eigenvalue weighted by Gasteiger charge is -2.59. The molecule has 0 saturated heterocycles. The molecule has 2 aromatic carbocycles. The number of ketones is 1. The maximum Gasteiger partial charge on any atom is 0.355 e. The number of hydrogen-bond donors (Lipinski definition) is 1. The van der Waals surface area contributed by atoms with Crippen LogP contribution in [0.1, 0.15) is 70.5 Å². The van der Waals surface area contributed by atoms with Crippen LogP contribution in [0, 0.1) is 23.7 Å². The molecule has 0 aliphatic heterocycles. The van der Waals surface area contributed by atoms with Crippen molar-refractivity contribution in [1.82, 2.24) is 9.55 Å². The highest BCUT2D eigenvalue weighted by Gasteiger charge is 2.53. The Labute approximate surface area is 244 Å². The second kappa shape index (κ2) is 10.3. The summed E-state index contributed by atoms with van der Waals surface area (Å²) in [5, 5.41) is 0.422. The quantitative estimate of drug-likeness (QED) is 0.236. The molecule has 4 aliphatic rings. The Bertz CT molecular complexity index is 1730. The van der Waals surface area contributed by atoms with E-state index < -0.39 is 5.97 Å². The van der Waals surface area contributed by atoms with Gasteiger partial charge in [0, 0.05) is 41.4 Å². The number of ether oxygens (including phenoxy) is 1. The maximum absolute atomic E-state index is 13.8. The number of nitrogens with two attached hydrogens (primary N) is 1. The smallest absolute Gasteiger partial charge is 0.355 e. The van der Waals surface area contributed by atoms with Gasteiger partial charge in [-0.3, -0.25) is 14.2 Å². The van der Waals surface area contributed by atoms with Crippen LogP contribution in [-0.4, -0.2) is 34.0 Å². The molecular weight excluding hydrogens is 526 g/mol. The molecule has 4 saturated carbocycles. The maximum atomic E-state index is 13.8. The van der Waals surface area contributed by atoms with Crippen molar-refractivity contribution in [3.63, 3.8) is 0 Å². The molecule has 4 aromatic rings. The van der Waals surface area contributed by atoms with E-state index in [1.54, 1.807) is 22.9 Å². The summed E-state index contributed by atoms with van der Waals surface area (Å²) in [4.78, 5) is 44.9. The summed E-state index contributed by atoms with van der Waals surface area (Å²) >= 11 is 0. The molecule has 2 N–H and O–H groups in total. The standard InChI is InChI=1S/C35H35N3O4/c1-42-34(41)31-29(32(40)27-8-5-13-37-33(27)38(31)26-6-3-2-4-7-26)16-21-9-11-23(12-10-21)30(39)17-28-24-14-22-15-25(28)20-35(36,18-22)19-24/h2-13,22,24-25,28H,14-20,36H2,1H3/t22?,24-,25+,28?,35?. The molecule has 4 bridgehead atoms. The fourth-order valence-electron chi connectivity index (χ4n) is 8.44. The van der Waals surface area contributed by atoms with E-state index in [2.05, 4.69) is 4.98 Å². The highest BCUT2D eigenvalue weighted by Crippen LogP contribution is 2.58. The number of pyridine rings is 2. The van der Waals surface area contributed by atoms with Crippen LogP contribution < -0.4 is 11.2 Å². The van der Waals surface area contributed by atoms with Gasteiger partial charge in [-0.2, -0.15) is 0 Å². The van der Waals surface area contributed by atoms with Gasteiger partial charge in [0.25, 0.3) is 0 Å². The summed E-state index contributed by atoms with van der Waals surface area (Å²) in [5.41, 5.74) is 9.52. The second-order valence-corrected chi connectivity index (χ2v) is 12.7. The van der Waals surface area contributed by atoms with E-state index in [0.717, 1.165) is 30.7 Å². The minimum Gasteiger partial charge on any atom is -0.464 e. The molecule has 0 spiro atoms. The number of esters is 1. The predicted molar refractivity (Wildman–Crippen MR) is 161 cm³/mol. The lowest BCUT2D eigenvalue weighted by Crippen LogP contribution is -2.59. The number of para-hydroxylation sites is 1. The molecule has 0 radical (unpaired) electrons. The van der Waals surface area contributed by atoms with Crippen molar-refractivity contribution in [2.45, 2.75) is 50.5 Å². The Balaban J connectivity index is 1.20. The molecule has 2 aromatic heterocycles. The number of aromatic nitrogens is 2. The zero-order valence-electron chi connectivity index (χ0n) is 23.8. The lowest BCUT2D eigenvalue weighted by atomic mass is 9.48. The Morgan fingerprint density at radius 3 is 2.36 bits per heavy atom.